The minimum absolute atomic E-state index is 0.124. The molecule has 5 rings (SSSR count). The molecule has 7 heteroatoms. The molecule has 152 valence electrons. The predicted molar refractivity (Wildman–Crippen MR) is 112 cm³/mol. The van der Waals surface area contributed by atoms with Crippen molar-refractivity contribution >= 4 is 17.6 Å². The van der Waals surface area contributed by atoms with E-state index in [1.165, 1.54) is 0 Å². The molecule has 0 aliphatic carbocycles. The van der Waals surface area contributed by atoms with Crippen molar-refractivity contribution < 1.29 is 9.59 Å². The zero-order valence-electron chi connectivity index (χ0n) is 16.8. The SMILES string of the molecule is CCc1ccc2c(c1)C(=O)N(C(C(=O)Nc1ccccn1)c1ncn3c1CCC3)C2. The zero-order chi connectivity index (χ0) is 20.7. The monoisotopic (exact) mass is 401 g/mol. The summed E-state index contributed by atoms with van der Waals surface area (Å²) in [6.45, 7) is 3.35. The van der Waals surface area contributed by atoms with Gasteiger partial charge in [0.2, 0.25) is 0 Å². The number of pyridine rings is 1. The maximum Gasteiger partial charge on any atom is 0.255 e. The number of hydrogen-bond donors (Lipinski definition) is 1. The van der Waals surface area contributed by atoms with Gasteiger partial charge in [0.1, 0.15) is 5.82 Å². The molecular formula is C23H23N5O2. The number of aromatic nitrogens is 3. The molecule has 1 unspecified atom stereocenters. The molecular weight excluding hydrogens is 378 g/mol. The van der Waals surface area contributed by atoms with Gasteiger partial charge in [-0.05, 0) is 48.6 Å². The normalized spacial score (nSPS) is 15.8. The average Bonchev–Trinajstić information content (AvgIpc) is 3.46. The summed E-state index contributed by atoms with van der Waals surface area (Å²) < 4.78 is 2.08. The van der Waals surface area contributed by atoms with Gasteiger partial charge in [-0.15, -0.1) is 0 Å². The Bertz CT molecular complexity index is 1120. The van der Waals surface area contributed by atoms with Gasteiger partial charge in [-0.2, -0.15) is 0 Å². The van der Waals surface area contributed by atoms with E-state index in [1.54, 1.807) is 29.6 Å². The van der Waals surface area contributed by atoms with Crippen LogP contribution < -0.4 is 5.32 Å². The van der Waals surface area contributed by atoms with Gasteiger partial charge < -0.3 is 14.8 Å². The third-order valence-electron chi connectivity index (χ3n) is 5.94. The standard InChI is InChI=1S/C23H23N5O2/c1-2-15-8-9-16-13-28(23(30)17(16)12-15)21(20-18-6-5-11-27(18)14-25-20)22(29)26-19-7-3-4-10-24-19/h3-4,7-10,12,14,21H,2,5-6,11,13H2,1H3,(H,24,26,29). The van der Waals surface area contributed by atoms with Gasteiger partial charge in [-0.25, -0.2) is 9.97 Å². The number of hydrogen-bond acceptors (Lipinski definition) is 4. The van der Waals surface area contributed by atoms with Gasteiger partial charge in [0.25, 0.3) is 11.8 Å². The highest BCUT2D eigenvalue weighted by Crippen LogP contribution is 2.35. The summed E-state index contributed by atoms with van der Waals surface area (Å²) >= 11 is 0. The molecule has 3 aromatic rings. The van der Waals surface area contributed by atoms with Crippen molar-refractivity contribution in [2.24, 2.45) is 0 Å². The lowest BCUT2D eigenvalue weighted by molar-refractivity contribution is -0.121. The van der Waals surface area contributed by atoms with Crippen molar-refractivity contribution in [2.75, 3.05) is 5.32 Å². The highest BCUT2D eigenvalue weighted by molar-refractivity contribution is 6.03. The second-order valence-electron chi connectivity index (χ2n) is 7.76. The van der Waals surface area contributed by atoms with E-state index in [-0.39, 0.29) is 11.8 Å². The Labute approximate surface area is 174 Å². The molecule has 4 heterocycles. The number of amides is 2. The fourth-order valence-corrected chi connectivity index (χ4v) is 4.38. The summed E-state index contributed by atoms with van der Waals surface area (Å²) in [5.41, 5.74) is 4.44. The third kappa shape index (κ3) is 3.07. The van der Waals surface area contributed by atoms with Crippen LogP contribution in [0.25, 0.3) is 0 Å². The largest absolute Gasteiger partial charge is 0.334 e. The van der Waals surface area contributed by atoms with Crippen molar-refractivity contribution in [1.29, 1.82) is 0 Å². The van der Waals surface area contributed by atoms with E-state index in [2.05, 4.69) is 26.8 Å². The fourth-order valence-electron chi connectivity index (χ4n) is 4.38. The Morgan fingerprint density at radius 2 is 2.13 bits per heavy atom. The minimum Gasteiger partial charge on any atom is -0.334 e. The number of imidazole rings is 1. The third-order valence-corrected chi connectivity index (χ3v) is 5.94. The second kappa shape index (κ2) is 7.40. The molecule has 0 spiro atoms. The number of nitrogens with one attached hydrogen (secondary N) is 1. The van der Waals surface area contributed by atoms with Gasteiger partial charge in [0.05, 0.1) is 12.0 Å². The van der Waals surface area contributed by atoms with Crippen LogP contribution in [-0.4, -0.2) is 31.2 Å². The van der Waals surface area contributed by atoms with Crippen molar-refractivity contribution in [3.8, 4) is 0 Å². The summed E-state index contributed by atoms with van der Waals surface area (Å²) in [5.74, 6) is 0.0426. The van der Waals surface area contributed by atoms with Crippen molar-refractivity contribution in [1.82, 2.24) is 19.4 Å². The van der Waals surface area contributed by atoms with Gasteiger partial charge in [-0.1, -0.05) is 25.1 Å². The van der Waals surface area contributed by atoms with Crippen LogP contribution in [0.2, 0.25) is 0 Å². The first-order chi connectivity index (χ1) is 14.7. The van der Waals surface area contributed by atoms with Crippen molar-refractivity contribution in [3.05, 3.63) is 77.0 Å². The van der Waals surface area contributed by atoms with E-state index in [1.807, 2.05) is 24.3 Å². The van der Waals surface area contributed by atoms with E-state index in [0.717, 1.165) is 42.6 Å². The maximum atomic E-state index is 13.4. The Morgan fingerprint density at radius 1 is 1.23 bits per heavy atom. The number of fused-ring (bicyclic) bond motifs is 2. The highest BCUT2D eigenvalue weighted by atomic mass is 16.2. The van der Waals surface area contributed by atoms with E-state index in [4.69, 9.17) is 0 Å². The zero-order valence-corrected chi connectivity index (χ0v) is 16.8. The molecule has 7 nitrogen and oxygen atoms in total. The molecule has 30 heavy (non-hydrogen) atoms. The summed E-state index contributed by atoms with van der Waals surface area (Å²) in [7, 11) is 0. The van der Waals surface area contributed by atoms with Crippen molar-refractivity contribution in [3.63, 3.8) is 0 Å². The van der Waals surface area contributed by atoms with E-state index < -0.39 is 6.04 Å². The number of carbonyl (C=O) groups is 2. The molecule has 0 saturated carbocycles. The molecule has 1 N–H and O–H groups in total. The molecule has 1 aromatic carbocycles. The topological polar surface area (TPSA) is 80.1 Å². The lowest BCUT2D eigenvalue weighted by Gasteiger charge is -2.26. The van der Waals surface area contributed by atoms with E-state index >= 15 is 0 Å². The van der Waals surface area contributed by atoms with Gasteiger partial charge >= 0.3 is 0 Å². The van der Waals surface area contributed by atoms with Crippen LogP contribution in [0.3, 0.4) is 0 Å². The number of benzene rings is 1. The fraction of sp³-hybridized carbons (Fsp3) is 0.304. The number of rotatable bonds is 5. The van der Waals surface area contributed by atoms with Gasteiger partial charge in [0, 0.05) is 30.5 Å². The van der Waals surface area contributed by atoms with Crippen LogP contribution in [-0.2, 0) is 30.7 Å². The first kappa shape index (κ1) is 18.5. The van der Waals surface area contributed by atoms with Crippen LogP contribution in [0.5, 0.6) is 0 Å². The Hall–Kier alpha value is -3.48. The Kier molecular flexibility index (Phi) is 4.58. The first-order valence-corrected chi connectivity index (χ1v) is 10.3. The smallest absolute Gasteiger partial charge is 0.255 e. The summed E-state index contributed by atoms with van der Waals surface area (Å²) in [4.78, 5) is 37.2. The highest BCUT2D eigenvalue weighted by Gasteiger charge is 2.40. The predicted octanol–water partition coefficient (Wildman–Crippen LogP) is 3.12. The van der Waals surface area contributed by atoms with Crippen LogP contribution in [0, 0.1) is 0 Å². The second-order valence-corrected chi connectivity index (χ2v) is 7.76. The van der Waals surface area contributed by atoms with Crippen LogP contribution in [0.4, 0.5) is 5.82 Å². The molecule has 2 aliphatic rings. The lowest BCUT2D eigenvalue weighted by atomic mass is 10.0. The number of anilines is 1. The Morgan fingerprint density at radius 3 is 2.93 bits per heavy atom. The molecule has 0 saturated heterocycles. The minimum atomic E-state index is -0.800. The number of nitrogens with zero attached hydrogens (tertiary/aromatic N) is 4. The van der Waals surface area contributed by atoms with E-state index in [0.29, 0.717) is 23.6 Å². The average molecular weight is 401 g/mol. The maximum absolute atomic E-state index is 13.4. The van der Waals surface area contributed by atoms with Gasteiger partial charge in [0.15, 0.2) is 6.04 Å². The first-order valence-electron chi connectivity index (χ1n) is 10.3. The molecule has 0 fully saturated rings. The quantitative estimate of drug-likeness (QED) is 0.712. The molecule has 0 radical (unpaired) electrons. The molecule has 2 amide bonds. The number of aryl methyl sites for hydroxylation is 2. The van der Waals surface area contributed by atoms with Crippen molar-refractivity contribution in [2.45, 2.75) is 45.3 Å². The molecule has 2 aliphatic heterocycles. The van der Waals surface area contributed by atoms with Crippen LogP contribution >= 0.6 is 0 Å². The van der Waals surface area contributed by atoms with Gasteiger partial charge in [-0.3, -0.25) is 9.59 Å². The van der Waals surface area contributed by atoms with Crippen LogP contribution in [0.1, 0.15) is 52.3 Å². The number of carbonyl (C=O) groups excluding carboxylic acids is 2. The van der Waals surface area contributed by atoms with E-state index in [9.17, 15) is 9.59 Å². The van der Waals surface area contributed by atoms with Crippen LogP contribution in [0.15, 0.2) is 48.9 Å². The Balaban J connectivity index is 1.53. The molecule has 1 atom stereocenters. The summed E-state index contributed by atoms with van der Waals surface area (Å²) in [5, 5.41) is 2.88. The summed E-state index contributed by atoms with van der Waals surface area (Å²) in [6, 6.07) is 10.5. The lowest BCUT2D eigenvalue weighted by Crippen LogP contribution is -2.38. The molecule has 2 aromatic heterocycles. The summed E-state index contributed by atoms with van der Waals surface area (Å²) in [6.07, 6.45) is 6.15. The molecule has 0 bridgehead atoms.